The quantitative estimate of drug-likeness (QED) is 0.636. The van der Waals surface area contributed by atoms with Gasteiger partial charge in [-0.05, 0) is 31.6 Å². The van der Waals surface area contributed by atoms with Crippen LogP contribution in [0.25, 0.3) is 0 Å². The molecule has 0 spiro atoms. The first kappa shape index (κ1) is 9.46. The Bertz CT molecular complexity index is 287. The molecule has 1 aliphatic heterocycles. The van der Waals surface area contributed by atoms with Crippen LogP contribution in [0.1, 0.15) is 19.8 Å². The maximum Gasteiger partial charge on any atom is 0.150 e. The summed E-state index contributed by atoms with van der Waals surface area (Å²) in [6, 6.07) is 0. The predicted octanol–water partition coefficient (Wildman–Crippen LogP) is 0.846. The summed E-state index contributed by atoms with van der Waals surface area (Å²) in [7, 11) is -1.00. The third-order valence-corrected chi connectivity index (χ3v) is 5.36. The van der Waals surface area contributed by atoms with Crippen LogP contribution in [0.5, 0.6) is 0 Å². The summed E-state index contributed by atoms with van der Waals surface area (Å²) in [5, 5.41) is 0. The lowest BCUT2D eigenvalue weighted by Crippen LogP contribution is -2.25. The Hall–Kier alpha value is -0.0900. The van der Waals surface area contributed by atoms with Gasteiger partial charge in [0.05, 0.1) is 17.1 Å². The highest BCUT2D eigenvalue weighted by Gasteiger charge is 2.49. The molecule has 0 aromatic rings. The minimum absolute atomic E-state index is 0.0642. The highest BCUT2D eigenvalue weighted by atomic mass is 32.2. The normalized spacial score (nSPS) is 47.8. The van der Waals surface area contributed by atoms with E-state index in [9.17, 15) is 8.42 Å². The molecule has 1 aliphatic carbocycles. The molecule has 1 saturated heterocycles. The summed E-state index contributed by atoms with van der Waals surface area (Å²) in [5.41, 5.74) is -0.0642. The van der Waals surface area contributed by atoms with Crippen LogP contribution in [0.3, 0.4) is 0 Å². The lowest BCUT2D eigenvalue weighted by Gasteiger charge is -2.22. The maximum atomic E-state index is 11.3. The van der Waals surface area contributed by atoms with E-state index in [0.717, 1.165) is 12.8 Å². The molecule has 0 aromatic heterocycles. The van der Waals surface area contributed by atoms with Crippen molar-refractivity contribution < 1.29 is 13.2 Å². The van der Waals surface area contributed by atoms with Gasteiger partial charge in [0.15, 0.2) is 9.84 Å². The Morgan fingerprint density at radius 3 is 2.08 bits per heavy atom. The summed E-state index contributed by atoms with van der Waals surface area (Å²) in [5.74, 6) is 1.48. The van der Waals surface area contributed by atoms with Crippen molar-refractivity contribution in [1.82, 2.24) is 0 Å². The Balaban J connectivity index is 2.13. The van der Waals surface area contributed by atoms with Gasteiger partial charge in [-0.25, -0.2) is 8.42 Å². The van der Waals surface area contributed by atoms with Crippen LogP contribution >= 0.6 is 0 Å². The van der Waals surface area contributed by atoms with Gasteiger partial charge in [0.2, 0.25) is 0 Å². The molecular weight excluding hydrogens is 188 g/mol. The van der Waals surface area contributed by atoms with E-state index in [1.165, 1.54) is 0 Å². The molecule has 3 atom stereocenters. The van der Waals surface area contributed by atoms with Gasteiger partial charge in [0.25, 0.3) is 0 Å². The number of rotatable bonds is 1. The Kier molecular flexibility index (Phi) is 1.97. The van der Waals surface area contributed by atoms with Crippen molar-refractivity contribution >= 4 is 9.84 Å². The first-order valence-electron chi connectivity index (χ1n) is 4.70. The minimum atomic E-state index is -2.72. The third kappa shape index (κ3) is 1.62. The van der Waals surface area contributed by atoms with Crippen LogP contribution in [-0.4, -0.2) is 32.6 Å². The molecule has 13 heavy (non-hydrogen) atoms. The monoisotopic (exact) mass is 204 g/mol. The van der Waals surface area contributed by atoms with Crippen molar-refractivity contribution in [3.8, 4) is 0 Å². The molecule has 3 nitrogen and oxygen atoms in total. The van der Waals surface area contributed by atoms with E-state index in [1.54, 1.807) is 7.11 Å². The van der Waals surface area contributed by atoms with E-state index in [-0.39, 0.29) is 5.60 Å². The van der Waals surface area contributed by atoms with Crippen LogP contribution in [-0.2, 0) is 14.6 Å². The summed E-state index contributed by atoms with van der Waals surface area (Å²) in [6.45, 7) is 2.08. The zero-order chi connectivity index (χ0) is 9.69. The van der Waals surface area contributed by atoms with E-state index in [1.807, 2.05) is 0 Å². The minimum Gasteiger partial charge on any atom is -0.379 e. The molecule has 1 saturated carbocycles. The van der Waals surface area contributed by atoms with Gasteiger partial charge in [-0.15, -0.1) is 0 Å². The Morgan fingerprint density at radius 2 is 1.69 bits per heavy atom. The number of ether oxygens (including phenoxy) is 1. The van der Waals surface area contributed by atoms with Crippen molar-refractivity contribution in [1.29, 1.82) is 0 Å². The van der Waals surface area contributed by atoms with Crippen LogP contribution in [0, 0.1) is 11.8 Å². The summed E-state index contributed by atoms with van der Waals surface area (Å²) >= 11 is 0. The molecule has 0 radical (unpaired) electrons. The van der Waals surface area contributed by atoms with Crippen LogP contribution in [0.15, 0.2) is 0 Å². The molecule has 2 rings (SSSR count). The molecule has 1 heterocycles. The van der Waals surface area contributed by atoms with Gasteiger partial charge in [-0.3, -0.25) is 0 Å². The predicted molar refractivity (Wildman–Crippen MR) is 50.3 cm³/mol. The second-order valence-electron chi connectivity index (χ2n) is 4.66. The Labute approximate surface area is 79.4 Å². The molecule has 1 unspecified atom stereocenters. The summed E-state index contributed by atoms with van der Waals surface area (Å²) in [6.07, 6.45) is 1.82. The molecule has 0 bridgehead atoms. The van der Waals surface area contributed by atoms with Crippen LogP contribution < -0.4 is 0 Å². The lowest BCUT2D eigenvalue weighted by molar-refractivity contribution is 0.00769. The van der Waals surface area contributed by atoms with E-state index in [2.05, 4.69) is 6.92 Å². The second-order valence-corrected chi connectivity index (χ2v) is 6.81. The van der Waals surface area contributed by atoms with E-state index < -0.39 is 9.84 Å². The molecule has 0 amide bonds. The highest BCUT2D eigenvalue weighted by Crippen LogP contribution is 2.46. The zero-order valence-corrected chi connectivity index (χ0v) is 8.93. The standard InChI is InChI=1S/C9H16O3S/c1-9(12-2)3-7-5-13(10,11)6-8(7)4-9/h7-8H,3-6H2,1-2H3/t7-,8+,9?. The molecule has 2 fully saturated rings. The fraction of sp³-hybridized carbons (Fsp3) is 1.00. The number of methoxy groups -OCH3 is 1. The number of sulfone groups is 1. The van der Waals surface area contributed by atoms with Crippen LogP contribution in [0.4, 0.5) is 0 Å². The average molecular weight is 204 g/mol. The van der Waals surface area contributed by atoms with E-state index in [0.29, 0.717) is 23.3 Å². The molecule has 2 aliphatic rings. The second kappa shape index (κ2) is 2.70. The van der Waals surface area contributed by atoms with Gasteiger partial charge < -0.3 is 4.74 Å². The largest absolute Gasteiger partial charge is 0.379 e. The van der Waals surface area contributed by atoms with Crippen molar-refractivity contribution in [2.24, 2.45) is 11.8 Å². The smallest absolute Gasteiger partial charge is 0.150 e. The number of hydrogen-bond acceptors (Lipinski definition) is 3. The summed E-state index contributed by atoms with van der Waals surface area (Å²) in [4.78, 5) is 0. The van der Waals surface area contributed by atoms with Gasteiger partial charge in [0.1, 0.15) is 0 Å². The topological polar surface area (TPSA) is 43.4 Å². The van der Waals surface area contributed by atoms with Gasteiger partial charge in [-0.2, -0.15) is 0 Å². The number of hydrogen-bond donors (Lipinski definition) is 0. The number of fused-ring (bicyclic) bond motifs is 1. The fourth-order valence-corrected chi connectivity index (χ4v) is 5.02. The first-order chi connectivity index (χ1) is 5.94. The van der Waals surface area contributed by atoms with Gasteiger partial charge >= 0.3 is 0 Å². The maximum absolute atomic E-state index is 11.3. The van der Waals surface area contributed by atoms with Crippen molar-refractivity contribution in [3.05, 3.63) is 0 Å². The third-order valence-electron chi connectivity index (χ3n) is 3.48. The van der Waals surface area contributed by atoms with Crippen LogP contribution in [0.2, 0.25) is 0 Å². The highest BCUT2D eigenvalue weighted by molar-refractivity contribution is 7.91. The van der Waals surface area contributed by atoms with Crippen molar-refractivity contribution in [2.75, 3.05) is 18.6 Å². The molecule has 76 valence electrons. The molecular formula is C9H16O3S. The molecule has 4 heteroatoms. The van der Waals surface area contributed by atoms with Gasteiger partial charge in [0, 0.05) is 7.11 Å². The van der Waals surface area contributed by atoms with Gasteiger partial charge in [-0.1, -0.05) is 0 Å². The van der Waals surface area contributed by atoms with E-state index in [4.69, 9.17) is 4.74 Å². The molecule has 0 N–H and O–H groups in total. The summed E-state index contributed by atoms with van der Waals surface area (Å²) < 4.78 is 28.0. The van der Waals surface area contributed by atoms with E-state index >= 15 is 0 Å². The van der Waals surface area contributed by atoms with Crippen molar-refractivity contribution in [2.45, 2.75) is 25.4 Å². The first-order valence-corrected chi connectivity index (χ1v) is 6.52. The lowest BCUT2D eigenvalue weighted by atomic mass is 10.0. The zero-order valence-electron chi connectivity index (χ0n) is 8.12. The average Bonchev–Trinajstić information content (AvgIpc) is 2.38. The van der Waals surface area contributed by atoms with Crippen molar-refractivity contribution in [3.63, 3.8) is 0 Å². The fourth-order valence-electron chi connectivity index (χ4n) is 2.80. The molecule has 0 aromatic carbocycles. The Morgan fingerprint density at radius 1 is 1.23 bits per heavy atom. The SMILES string of the molecule is COC1(C)C[C@@H]2CS(=O)(=O)C[C@@H]2C1.